The number of benzene rings is 1. The number of carboxylic acid groups (broad SMARTS) is 1. The van der Waals surface area contributed by atoms with Crippen molar-refractivity contribution >= 4 is 11.7 Å². The van der Waals surface area contributed by atoms with Crippen LogP contribution in [0, 0.1) is 16.7 Å². The fourth-order valence-corrected chi connectivity index (χ4v) is 4.27. The van der Waals surface area contributed by atoms with Crippen molar-refractivity contribution in [2.75, 3.05) is 5.73 Å². The summed E-state index contributed by atoms with van der Waals surface area (Å²) in [5.74, 6) is 0.286. The first kappa shape index (κ1) is 14.2. The maximum absolute atomic E-state index is 11.2. The molecule has 114 valence electrons. The zero-order valence-electron chi connectivity index (χ0n) is 12.8. The summed E-state index contributed by atoms with van der Waals surface area (Å²) in [6.07, 6.45) is 3.65. The van der Waals surface area contributed by atoms with Crippen LogP contribution in [0.5, 0.6) is 5.75 Å². The molecule has 3 unspecified atom stereocenters. The highest BCUT2D eigenvalue weighted by Gasteiger charge is 2.62. The van der Waals surface area contributed by atoms with E-state index in [9.17, 15) is 4.79 Å². The van der Waals surface area contributed by atoms with E-state index in [1.807, 2.05) is 0 Å². The van der Waals surface area contributed by atoms with Crippen molar-refractivity contribution in [3.8, 4) is 5.75 Å². The Morgan fingerprint density at radius 1 is 1.38 bits per heavy atom. The van der Waals surface area contributed by atoms with E-state index in [0.29, 0.717) is 11.7 Å². The second-order valence-corrected chi connectivity index (χ2v) is 7.27. The molecule has 3 rings (SSSR count). The van der Waals surface area contributed by atoms with Gasteiger partial charge in [0.1, 0.15) is 11.9 Å². The topological polar surface area (TPSA) is 72.5 Å². The highest BCUT2D eigenvalue weighted by atomic mass is 16.5. The van der Waals surface area contributed by atoms with Crippen LogP contribution in [0.15, 0.2) is 18.2 Å². The van der Waals surface area contributed by atoms with Crippen molar-refractivity contribution in [3.63, 3.8) is 0 Å². The van der Waals surface area contributed by atoms with Crippen LogP contribution in [0.3, 0.4) is 0 Å². The van der Waals surface area contributed by atoms with Gasteiger partial charge in [-0.25, -0.2) is 4.79 Å². The molecule has 0 aromatic heterocycles. The zero-order chi connectivity index (χ0) is 15.4. The third kappa shape index (κ3) is 1.92. The molecule has 0 spiro atoms. The standard InChI is InChI=1S/C17H23NO3/c1-16(2)10-6-7-17(16,3)14(8-10)21-11-4-5-13(18)12(9-11)15(19)20/h4-5,9-10,14H,6-8,18H2,1-3H3,(H,19,20). The van der Waals surface area contributed by atoms with Gasteiger partial charge >= 0.3 is 5.97 Å². The number of nitrogens with two attached hydrogens (primary N) is 1. The van der Waals surface area contributed by atoms with E-state index in [4.69, 9.17) is 15.6 Å². The number of aromatic carboxylic acids is 1. The first-order chi connectivity index (χ1) is 9.75. The van der Waals surface area contributed by atoms with Gasteiger partial charge in [-0.15, -0.1) is 0 Å². The van der Waals surface area contributed by atoms with Crippen LogP contribution in [0.25, 0.3) is 0 Å². The van der Waals surface area contributed by atoms with Gasteiger partial charge in [0.25, 0.3) is 0 Å². The summed E-state index contributed by atoms with van der Waals surface area (Å²) in [5, 5.41) is 9.15. The molecular weight excluding hydrogens is 266 g/mol. The van der Waals surface area contributed by atoms with Gasteiger partial charge in [-0.3, -0.25) is 0 Å². The Labute approximate surface area is 125 Å². The minimum Gasteiger partial charge on any atom is -0.490 e. The van der Waals surface area contributed by atoms with E-state index in [1.54, 1.807) is 18.2 Å². The van der Waals surface area contributed by atoms with E-state index in [0.717, 1.165) is 6.42 Å². The van der Waals surface area contributed by atoms with Crippen LogP contribution in [0.2, 0.25) is 0 Å². The van der Waals surface area contributed by atoms with Crippen molar-refractivity contribution < 1.29 is 14.6 Å². The Morgan fingerprint density at radius 2 is 2.10 bits per heavy atom. The second kappa shape index (κ2) is 4.39. The molecule has 0 amide bonds. The van der Waals surface area contributed by atoms with Gasteiger partial charge in [-0.05, 0) is 48.8 Å². The maximum Gasteiger partial charge on any atom is 0.337 e. The summed E-state index contributed by atoms with van der Waals surface area (Å²) in [4.78, 5) is 11.2. The predicted octanol–water partition coefficient (Wildman–Crippen LogP) is 3.56. The van der Waals surface area contributed by atoms with Crippen molar-refractivity contribution in [3.05, 3.63) is 23.8 Å². The van der Waals surface area contributed by atoms with Crippen LogP contribution < -0.4 is 10.5 Å². The number of carboxylic acids is 1. The van der Waals surface area contributed by atoms with E-state index in [-0.39, 0.29) is 28.2 Å². The molecule has 1 aromatic carbocycles. The Kier molecular flexibility index (Phi) is 2.98. The third-order valence-electron chi connectivity index (χ3n) is 6.25. The van der Waals surface area contributed by atoms with Gasteiger partial charge < -0.3 is 15.6 Å². The molecule has 2 aliphatic rings. The summed E-state index contributed by atoms with van der Waals surface area (Å²) in [6, 6.07) is 4.92. The van der Waals surface area contributed by atoms with Crippen molar-refractivity contribution in [1.82, 2.24) is 0 Å². The molecule has 2 saturated carbocycles. The normalized spacial score (nSPS) is 33.1. The molecular formula is C17H23NO3. The fraction of sp³-hybridized carbons (Fsp3) is 0.588. The minimum atomic E-state index is -1.02. The maximum atomic E-state index is 11.2. The van der Waals surface area contributed by atoms with E-state index >= 15 is 0 Å². The van der Waals surface area contributed by atoms with Crippen LogP contribution in [-0.4, -0.2) is 17.2 Å². The predicted molar refractivity (Wildman–Crippen MR) is 81.5 cm³/mol. The molecule has 1 aromatic rings. The lowest BCUT2D eigenvalue weighted by molar-refractivity contribution is 0.0300. The highest BCUT2D eigenvalue weighted by molar-refractivity contribution is 5.94. The summed E-state index contributed by atoms with van der Waals surface area (Å²) < 4.78 is 6.17. The molecule has 4 heteroatoms. The molecule has 0 aliphatic heterocycles. The number of hydrogen-bond donors (Lipinski definition) is 2. The number of anilines is 1. The number of hydrogen-bond acceptors (Lipinski definition) is 3. The van der Waals surface area contributed by atoms with Gasteiger partial charge in [0.2, 0.25) is 0 Å². The monoisotopic (exact) mass is 289 g/mol. The fourth-order valence-electron chi connectivity index (χ4n) is 4.27. The molecule has 4 nitrogen and oxygen atoms in total. The SMILES string of the molecule is CC1(C)C2CCC1(C)C(Oc1ccc(N)c(C(=O)O)c1)C2. The molecule has 0 radical (unpaired) electrons. The van der Waals surface area contributed by atoms with E-state index < -0.39 is 5.97 Å². The highest BCUT2D eigenvalue weighted by Crippen LogP contribution is 2.66. The van der Waals surface area contributed by atoms with Crippen LogP contribution in [-0.2, 0) is 0 Å². The van der Waals surface area contributed by atoms with E-state index in [2.05, 4.69) is 20.8 Å². The van der Waals surface area contributed by atoms with Crippen molar-refractivity contribution in [2.45, 2.75) is 46.1 Å². The molecule has 3 N–H and O–H groups in total. The molecule has 3 atom stereocenters. The number of nitrogen functional groups attached to an aromatic ring is 1. The Morgan fingerprint density at radius 3 is 2.62 bits per heavy atom. The van der Waals surface area contributed by atoms with Crippen LogP contribution in [0.4, 0.5) is 5.69 Å². The summed E-state index contributed by atoms with van der Waals surface area (Å²) in [7, 11) is 0. The van der Waals surface area contributed by atoms with Gasteiger partial charge in [-0.2, -0.15) is 0 Å². The van der Waals surface area contributed by atoms with Gasteiger partial charge in [0.05, 0.1) is 5.56 Å². The summed E-state index contributed by atoms with van der Waals surface area (Å²) >= 11 is 0. The Hall–Kier alpha value is -1.71. The van der Waals surface area contributed by atoms with Crippen LogP contribution in [0.1, 0.15) is 50.4 Å². The van der Waals surface area contributed by atoms with Crippen molar-refractivity contribution in [1.29, 1.82) is 0 Å². The molecule has 2 fully saturated rings. The minimum absolute atomic E-state index is 0.111. The smallest absolute Gasteiger partial charge is 0.337 e. The second-order valence-electron chi connectivity index (χ2n) is 7.27. The molecule has 2 bridgehead atoms. The largest absolute Gasteiger partial charge is 0.490 e. The van der Waals surface area contributed by atoms with Crippen LogP contribution >= 0.6 is 0 Å². The summed E-state index contributed by atoms with van der Waals surface area (Å²) in [5.41, 5.74) is 6.51. The van der Waals surface area contributed by atoms with Gasteiger partial charge in [0.15, 0.2) is 0 Å². The third-order valence-corrected chi connectivity index (χ3v) is 6.25. The van der Waals surface area contributed by atoms with Gasteiger partial charge in [-0.1, -0.05) is 20.8 Å². The zero-order valence-corrected chi connectivity index (χ0v) is 12.8. The average molecular weight is 289 g/mol. The number of ether oxygens (including phenoxy) is 1. The number of rotatable bonds is 3. The number of fused-ring (bicyclic) bond motifs is 2. The average Bonchev–Trinajstić information content (AvgIpc) is 2.74. The molecule has 0 heterocycles. The van der Waals surface area contributed by atoms with Crippen molar-refractivity contribution in [2.24, 2.45) is 16.7 Å². The lowest BCUT2D eigenvalue weighted by Crippen LogP contribution is -2.38. The van der Waals surface area contributed by atoms with Gasteiger partial charge in [0, 0.05) is 11.1 Å². The first-order valence-corrected chi connectivity index (χ1v) is 7.55. The molecule has 21 heavy (non-hydrogen) atoms. The Balaban J connectivity index is 1.86. The van der Waals surface area contributed by atoms with E-state index in [1.165, 1.54) is 12.8 Å². The molecule has 2 aliphatic carbocycles. The lowest BCUT2D eigenvalue weighted by atomic mass is 9.70. The Bertz CT molecular complexity index is 596. The number of carbonyl (C=O) groups is 1. The first-order valence-electron chi connectivity index (χ1n) is 7.55. The lowest BCUT2D eigenvalue weighted by Gasteiger charge is -2.38. The molecule has 0 saturated heterocycles. The summed E-state index contributed by atoms with van der Waals surface area (Å²) in [6.45, 7) is 6.97. The quantitative estimate of drug-likeness (QED) is 0.834.